The molecule has 37 heavy (non-hydrogen) atoms. The van der Waals surface area contributed by atoms with Gasteiger partial charge in [0.2, 0.25) is 0 Å². The second-order valence-corrected chi connectivity index (χ2v) is 10.2. The van der Waals surface area contributed by atoms with Crippen molar-refractivity contribution >= 4 is 17.9 Å². The topological polar surface area (TPSA) is 180 Å². The quantitative estimate of drug-likeness (QED) is 0.259. The first-order valence-corrected chi connectivity index (χ1v) is 11.8. The summed E-state index contributed by atoms with van der Waals surface area (Å²) in [6.45, 7) is 10.6. The average molecular weight is 522 g/mol. The van der Waals surface area contributed by atoms with Crippen LogP contribution >= 0.6 is 0 Å². The molecule has 206 valence electrons. The highest BCUT2D eigenvalue weighted by Gasteiger charge is 2.40. The molecule has 0 radical (unpaired) electrons. The molecule has 12 heteroatoms. The van der Waals surface area contributed by atoms with E-state index in [2.05, 4.69) is 72.0 Å². The van der Waals surface area contributed by atoms with Crippen molar-refractivity contribution in [2.45, 2.75) is 64.1 Å². The first-order valence-electron chi connectivity index (χ1n) is 11.8. The van der Waals surface area contributed by atoms with Gasteiger partial charge in [-0.05, 0) is 39.2 Å². The Labute approximate surface area is 216 Å². The number of carbonyl (C=O) groups is 3. The average Bonchev–Trinajstić information content (AvgIpc) is 3.22. The molecule has 0 fully saturated rings. The van der Waals surface area contributed by atoms with E-state index in [1.54, 1.807) is 0 Å². The summed E-state index contributed by atoms with van der Waals surface area (Å²) in [7, 11) is 4.24. The molecule has 0 atom stereocenters. The molecule has 0 aliphatic rings. The normalized spacial score (nSPS) is 11.8. The Kier molecular flexibility index (Phi) is 12.3. The summed E-state index contributed by atoms with van der Waals surface area (Å²) in [6.07, 6.45) is 2.69. The predicted molar refractivity (Wildman–Crippen MR) is 136 cm³/mol. The van der Waals surface area contributed by atoms with Crippen molar-refractivity contribution in [1.82, 2.24) is 25.0 Å². The van der Waals surface area contributed by atoms with Crippen LogP contribution in [0.5, 0.6) is 0 Å². The van der Waals surface area contributed by atoms with E-state index in [1.807, 2.05) is 18.5 Å². The van der Waals surface area contributed by atoms with E-state index in [4.69, 9.17) is 20.4 Å². The van der Waals surface area contributed by atoms with Crippen molar-refractivity contribution in [2.24, 2.45) is 0 Å². The fourth-order valence-electron chi connectivity index (χ4n) is 3.58. The monoisotopic (exact) mass is 521 g/mol. The Hall–Kier alpha value is -3.35. The summed E-state index contributed by atoms with van der Waals surface area (Å²) in [5.74, 6) is -5.02. The Morgan fingerprint density at radius 3 is 2.05 bits per heavy atom. The van der Waals surface area contributed by atoms with E-state index in [0.29, 0.717) is 0 Å². The van der Waals surface area contributed by atoms with Crippen LogP contribution in [-0.2, 0) is 32.9 Å². The maximum Gasteiger partial charge on any atom is 0.336 e. The maximum absolute atomic E-state index is 10.3. The number of aromatic amines is 1. The molecule has 2 heterocycles. The summed E-state index contributed by atoms with van der Waals surface area (Å²) in [6, 6.07) is 6.12. The number of carboxylic acid groups (broad SMARTS) is 3. The number of carboxylic acids is 3. The zero-order valence-corrected chi connectivity index (χ0v) is 22.1. The van der Waals surface area contributed by atoms with Gasteiger partial charge in [-0.1, -0.05) is 26.8 Å². The minimum absolute atomic E-state index is 0.0755. The van der Waals surface area contributed by atoms with E-state index >= 15 is 0 Å². The maximum atomic E-state index is 10.3. The lowest BCUT2D eigenvalue weighted by molar-refractivity contribution is -0.170. The van der Waals surface area contributed by atoms with Gasteiger partial charge >= 0.3 is 17.9 Å². The molecule has 2 aromatic rings. The third kappa shape index (κ3) is 12.0. The molecule has 0 unspecified atom stereocenters. The van der Waals surface area contributed by atoms with Crippen LogP contribution in [0.25, 0.3) is 0 Å². The Bertz CT molecular complexity index is 986. The van der Waals surface area contributed by atoms with E-state index in [-0.39, 0.29) is 5.41 Å². The van der Waals surface area contributed by atoms with Crippen LogP contribution in [0.15, 0.2) is 30.6 Å². The van der Waals surface area contributed by atoms with Gasteiger partial charge in [0, 0.05) is 42.5 Å². The zero-order valence-electron chi connectivity index (χ0n) is 22.1. The van der Waals surface area contributed by atoms with Crippen molar-refractivity contribution in [3.8, 4) is 0 Å². The summed E-state index contributed by atoms with van der Waals surface area (Å²) < 4.78 is 0. The standard InChI is InChI=1S/C19H31N5.C6H8O7/c1-19(2,3)18-16(13-21-22-18)14-24(12-8-11-23(4)5)15-17-9-6-7-10-20-17;7-3(8)1-6(13,5(11)12)2-4(9)10/h6-7,9-10,13H,8,11-12,14-15H2,1-5H3,(H,21,22);13H,1-2H2,(H,7,8)(H,9,10)(H,11,12). The molecule has 0 spiro atoms. The van der Waals surface area contributed by atoms with E-state index < -0.39 is 36.4 Å². The smallest absolute Gasteiger partial charge is 0.336 e. The third-order valence-electron chi connectivity index (χ3n) is 5.34. The van der Waals surface area contributed by atoms with Crippen LogP contribution in [0.3, 0.4) is 0 Å². The molecule has 0 saturated carbocycles. The van der Waals surface area contributed by atoms with Gasteiger partial charge in [-0.25, -0.2) is 4.79 Å². The summed E-state index contributed by atoms with van der Waals surface area (Å²) in [5, 5.41) is 41.3. The van der Waals surface area contributed by atoms with Crippen molar-refractivity contribution in [3.05, 3.63) is 47.5 Å². The third-order valence-corrected chi connectivity index (χ3v) is 5.34. The number of hydrogen-bond acceptors (Lipinski definition) is 8. The number of pyridine rings is 1. The SMILES string of the molecule is CN(C)CCCN(Cc1ccccn1)Cc1cn[nH]c1C(C)(C)C.O=C(O)CC(O)(CC(=O)O)C(=O)O. The van der Waals surface area contributed by atoms with Gasteiger partial charge in [0.1, 0.15) is 0 Å². The number of hydrogen-bond donors (Lipinski definition) is 5. The van der Waals surface area contributed by atoms with E-state index in [1.165, 1.54) is 11.3 Å². The van der Waals surface area contributed by atoms with E-state index in [9.17, 15) is 14.4 Å². The second-order valence-electron chi connectivity index (χ2n) is 10.2. The highest BCUT2D eigenvalue weighted by Crippen LogP contribution is 2.24. The van der Waals surface area contributed by atoms with Crippen molar-refractivity contribution < 1.29 is 34.8 Å². The molecule has 2 aromatic heterocycles. The van der Waals surface area contributed by atoms with Gasteiger partial charge in [0.25, 0.3) is 0 Å². The fraction of sp³-hybridized carbons (Fsp3) is 0.560. The van der Waals surface area contributed by atoms with Gasteiger partial charge < -0.3 is 25.3 Å². The first kappa shape index (κ1) is 31.7. The van der Waals surface area contributed by atoms with Crippen molar-refractivity contribution in [1.29, 1.82) is 0 Å². The molecule has 0 saturated heterocycles. The first-order chi connectivity index (χ1) is 17.1. The van der Waals surface area contributed by atoms with Crippen LogP contribution in [-0.4, -0.2) is 96.1 Å². The summed E-state index contributed by atoms with van der Waals surface area (Å²) >= 11 is 0. The summed E-state index contributed by atoms with van der Waals surface area (Å²) in [4.78, 5) is 39.7. The number of aromatic nitrogens is 3. The van der Waals surface area contributed by atoms with Crippen LogP contribution in [0.2, 0.25) is 0 Å². The number of aliphatic hydroxyl groups is 1. The minimum Gasteiger partial charge on any atom is -0.481 e. The van der Waals surface area contributed by atoms with Gasteiger partial charge in [-0.3, -0.25) is 24.6 Å². The molecule has 2 rings (SSSR count). The van der Waals surface area contributed by atoms with Gasteiger partial charge in [-0.2, -0.15) is 5.10 Å². The Balaban J connectivity index is 0.000000448. The lowest BCUT2D eigenvalue weighted by Gasteiger charge is -2.25. The Morgan fingerprint density at radius 1 is 0.973 bits per heavy atom. The number of nitrogens with zero attached hydrogens (tertiary/aromatic N) is 4. The van der Waals surface area contributed by atoms with Crippen LogP contribution in [0.1, 0.15) is 57.0 Å². The zero-order chi connectivity index (χ0) is 28.2. The largest absolute Gasteiger partial charge is 0.481 e. The van der Waals surface area contributed by atoms with E-state index in [0.717, 1.165) is 38.3 Å². The highest BCUT2D eigenvalue weighted by molar-refractivity contribution is 5.88. The molecule has 0 aromatic carbocycles. The second kappa shape index (κ2) is 14.4. The fourth-order valence-corrected chi connectivity index (χ4v) is 3.58. The number of rotatable bonds is 13. The van der Waals surface area contributed by atoms with Gasteiger partial charge in [0.05, 0.1) is 24.7 Å². The van der Waals surface area contributed by atoms with Crippen LogP contribution < -0.4 is 0 Å². The Morgan fingerprint density at radius 2 is 1.59 bits per heavy atom. The number of H-pyrrole nitrogens is 1. The van der Waals surface area contributed by atoms with Crippen LogP contribution in [0.4, 0.5) is 0 Å². The van der Waals surface area contributed by atoms with Gasteiger partial charge in [0.15, 0.2) is 5.60 Å². The molecule has 0 amide bonds. The molecule has 5 N–H and O–H groups in total. The summed E-state index contributed by atoms with van der Waals surface area (Å²) in [5.41, 5.74) is 0.955. The highest BCUT2D eigenvalue weighted by atomic mass is 16.4. The van der Waals surface area contributed by atoms with Crippen molar-refractivity contribution in [2.75, 3.05) is 27.2 Å². The molecule has 12 nitrogen and oxygen atoms in total. The molecular formula is C25H39N5O7. The number of nitrogens with one attached hydrogen (secondary N) is 1. The lowest BCUT2D eigenvalue weighted by atomic mass is 9.89. The minimum atomic E-state index is -2.74. The lowest BCUT2D eigenvalue weighted by Crippen LogP contribution is -2.42. The molecule has 0 aliphatic heterocycles. The molecule has 0 aliphatic carbocycles. The molecule has 0 bridgehead atoms. The molecular weight excluding hydrogens is 482 g/mol. The number of aliphatic carboxylic acids is 3. The van der Waals surface area contributed by atoms with Crippen molar-refractivity contribution in [3.63, 3.8) is 0 Å². The predicted octanol–water partition coefficient (Wildman–Crippen LogP) is 1.81. The van der Waals surface area contributed by atoms with Gasteiger partial charge in [-0.15, -0.1) is 0 Å². The van der Waals surface area contributed by atoms with Crippen LogP contribution in [0, 0.1) is 0 Å².